The molecule has 27 heavy (non-hydrogen) atoms. The van der Waals surface area contributed by atoms with Gasteiger partial charge in [0.05, 0.1) is 19.8 Å². The molecule has 1 fully saturated rings. The molecular formula is C20H33N4O3+. The molecule has 7 heteroatoms. The molecule has 7 nitrogen and oxygen atoms in total. The van der Waals surface area contributed by atoms with Crippen LogP contribution in [-0.4, -0.2) is 56.4 Å². The Labute approximate surface area is 161 Å². The van der Waals surface area contributed by atoms with Crippen LogP contribution in [0.3, 0.4) is 0 Å². The second kappa shape index (κ2) is 9.71. The lowest BCUT2D eigenvalue weighted by Gasteiger charge is -2.38. The summed E-state index contributed by atoms with van der Waals surface area (Å²) in [5, 5.41) is 8.58. The summed E-state index contributed by atoms with van der Waals surface area (Å²) in [6.07, 6.45) is 0. The molecule has 0 spiro atoms. The Morgan fingerprint density at radius 2 is 1.78 bits per heavy atom. The summed E-state index contributed by atoms with van der Waals surface area (Å²) in [5.41, 5.74) is 0.600. The molecule has 4 N–H and O–H groups in total. The molecule has 0 radical (unpaired) electrons. The van der Waals surface area contributed by atoms with Crippen molar-refractivity contribution in [1.29, 1.82) is 0 Å². The molecular weight excluding hydrogens is 344 g/mol. The van der Waals surface area contributed by atoms with E-state index in [0.29, 0.717) is 12.2 Å². The van der Waals surface area contributed by atoms with Crippen LogP contribution >= 0.6 is 0 Å². The fourth-order valence-electron chi connectivity index (χ4n) is 3.20. The molecule has 0 bridgehead atoms. The van der Waals surface area contributed by atoms with E-state index in [9.17, 15) is 9.59 Å². The predicted octanol–water partition coefficient (Wildman–Crippen LogP) is 0.643. The van der Waals surface area contributed by atoms with Gasteiger partial charge in [0, 0.05) is 5.69 Å². The van der Waals surface area contributed by atoms with Crippen LogP contribution in [0.2, 0.25) is 0 Å². The van der Waals surface area contributed by atoms with Crippen molar-refractivity contribution in [2.75, 3.05) is 38.2 Å². The number of para-hydroxylation sites is 1. The highest BCUT2D eigenvalue weighted by Crippen LogP contribution is 2.07. The third-order valence-corrected chi connectivity index (χ3v) is 5.03. The molecule has 0 aromatic heterocycles. The molecule has 0 aliphatic carbocycles. The first-order valence-electron chi connectivity index (χ1n) is 9.63. The molecule has 1 aromatic rings. The number of hydrogen-bond acceptors (Lipinski definition) is 3. The quantitative estimate of drug-likeness (QED) is 0.563. The van der Waals surface area contributed by atoms with Crippen LogP contribution in [0.15, 0.2) is 30.3 Å². The number of carbonyl (C=O) groups is 2. The van der Waals surface area contributed by atoms with Crippen LogP contribution < -0.4 is 20.9 Å². The third-order valence-electron chi connectivity index (χ3n) is 5.03. The van der Waals surface area contributed by atoms with Crippen LogP contribution in [0.4, 0.5) is 10.5 Å². The van der Waals surface area contributed by atoms with E-state index in [1.165, 1.54) is 4.90 Å². The Kier molecular flexibility index (Phi) is 7.62. The van der Waals surface area contributed by atoms with Crippen LogP contribution in [0, 0.1) is 5.92 Å². The highest BCUT2D eigenvalue weighted by atomic mass is 16.5. The second-order valence-corrected chi connectivity index (χ2v) is 8.00. The lowest BCUT2D eigenvalue weighted by Crippen LogP contribution is -3.22. The molecule has 1 aromatic carbocycles. The maximum Gasteiger partial charge on any atom is 0.319 e. The maximum absolute atomic E-state index is 12.7. The van der Waals surface area contributed by atoms with Gasteiger partial charge in [0.1, 0.15) is 24.7 Å². The van der Waals surface area contributed by atoms with Gasteiger partial charge < -0.3 is 25.6 Å². The van der Waals surface area contributed by atoms with Crippen molar-refractivity contribution in [2.24, 2.45) is 5.92 Å². The number of morpholine rings is 1. The predicted molar refractivity (Wildman–Crippen MR) is 106 cm³/mol. The van der Waals surface area contributed by atoms with Crippen molar-refractivity contribution in [3.8, 4) is 0 Å². The average molecular weight is 378 g/mol. The van der Waals surface area contributed by atoms with Gasteiger partial charge in [0.15, 0.2) is 0 Å². The van der Waals surface area contributed by atoms with Crippen LogP contribution in [0.1, 0.15) is 27.7 Å². The number of hydrogen-bond donors (Lipinski definition) is 4. The Hall–Kier alpha value is -2.12. The molecule has 1 aliphatic rings. The number of amides is 3. The van der Waals surface area contributed by atoms with Crippen LogP contribution in [-0.2, 0) is 9.53 Å². The van der Waals surface area contributed by atoms with Crippen LogP contribution in [0.25, 0.3) is 0 Å². The van der Waals surface area contributed by atoms with E-state index in [-0.39, 0.29) is 23.4 Å². The van der Waals surface area contributed by atoms with Gasteiger partial charge in [-0.2, -0.15) is 0 Å². The third kappa shape index (κ3) is 6.52. The number of anilines is 1. The number of benzene rings is 1. The molecule has 1 aliphatic heterocycles. The van der Waals surface area contributed by atoms with E-state index in [1.807, 2.05) is 32.0 Å². The van der Waals surface area contributed by atoms with Crippen LogP contribution in [0.5, 0.6) is 0 Å². The van der Waals surface area contributed by atoms with Gasteiger partial charge in [-0.25, -0.2) is 4.79 Å². The average Bonchev–Trinajstić information content (AvgIpc) is 2.65. The van der Waals surface area contributed by atoms with Crippen molar-refractivity contribution in [3.63, 3.8) is 0 Å². The fraction of sp³-hybridized carbons (Fsp3) is 0.600. The largest absolute Gasteiger partial charge is 0.370 e. The zero-order valence-corrected chi connectivity index (χ0v) is 16.8. The first kappa shape index (κ1) is 21.2. The van der Waals surface area contributed by atoms with Crippen molar-refractivity contribution in [3.05, 3.63) is 30.3 Å². The smallest absolute Gasteiger partial charge is 0.319 e. The summed E-state index contributed by atoms with van der Waals surface area (Å²) >= 11 is 0. The second-order valence-electron chi connectivity index (χ2n) is 8.00. The summed E-state index contributed by atoms with van der Waals surface area (Å²) in [4.78, 5) is 26.4. The summed E-state index contributed by atoms with van der Waals surface area (Å²) in [5.74, 6) is -0.181. The normalized spacial score (nSPS) is 16.6. The molecule has 0 saturated carbocycles. The number of rotatable bonds is 7. The Bertz CT molecular complexity index is 613. The van der Waals surface area contributed by atoms with E-state index in [1.54, 1.807) is 12.1 Å². The zero-order chi connectivity index (χ0) is 19.9. The summed E-state index contributed by atoms with van der Waals surface area (Å²) < 4.78 is 5.42. The number of ether oxygens (including phenoxy) is 1. The maximum atomic E-state index is 12.7. The van der Waals surface area contributed by atoms with Crippen molar-refractivity contribution in [2.45, 2.75) is 39.3 Å². The summed E-state index contributed by atoms with van der Waals surface area (Å²) in [7, 11) is 0. The zero-order valence-electron chi connectivity index (χ0n) is 16.8. The lowest BCUT2D eigenvalue weighted by atomic mass is 10.00. The summed E-state index contributed by atoms with van der Waals surface area (Å²) in [6, 6.07) is 8.20. The lowest BCUT2D eigenvalue weighted by molar-refractivity contribution is -0.954. The van der Waals surface area contributed by atoms with Gasteiger partial charge in [0.2, 0.25) is 5.91 Å². The van der Waals surface area contributed by atoms with E-state index in [2.05, 4.69) is 29.8 Å². The minimum atomic E-state index is -0.593. The molecule has 3 amide bonds. The molecule has 1 heterocycles. The van der Waals surface area contributed by atoms with E-state index < -0.39 is 6.04 Å². The van der Waals surface area contributed by atoms with Gasteiger partial charge >= 0.3 is 6.03 Å². The molecule has 1 saturated heterocycles. The first-order valence-corrected chi connectivity index (χ1v) is 9.63. The Morgan fingerprint density at radius 3 is 2.37 bits per heavy atom. The Balaban J connectivity index is 1.89. The molecule has 150 valence electrons. The number of quaternary nitrogens is 1. The highest BCUT2D eigenvalue weighted by Gasteiger charge is 2.34. The van der Waals surface area contributed by atoms with Gasteiger partial charge in [-0.1, -0.05) is 32.0 Å². The monoisotopic (exact) mass is 377 g/mol. The Morgan fingerprint density at radius 1 is 1.15 bits per heavy atom. The fourth-order valence-corrected chi connectivity index (χ4v) is 3.20. The molecule has 2 rings (SSSR count). The van der Waals surface area contributed by atoms with E-state index in [0.717, 1.165) is 26.3 Å². The highest BCUT2D eigenvalue weighted by molar-refractivity contribution is 5.93. The van der Waals surface area contributed by atoms with Gasteiger partial charge in [-0.3, -0.25) is 4.79 Å². The standard InChI is InChI=1S/C20H32N4O3/c1-15(2)17(23-19(26)22-16-8-6-5-7-9-16)18(25)21-14-20(3,4)24-10-12-27-13-11-24/h5-9,15,17H,10-14H2,1-4H3,(H,21,25)(H2,22,23,26)/p+1/t17-/m0/s1. The number of urea groups is 1. The first-order chi connectivity index (χ1) is 12.8. The minimum Gasteiger partial charge on any atom is -0.370 e. The SMILES string of the molecule is CC(C)[C@H](NC(=O)Nc1ccccc1)C(=O)NCC(C)(C)[NH+]1CCOCC1. The van der Waals surface area contributed by atoms with Crippen molar-refractivity contribution in [1.82, 2.24) is 10.6 Å². The van der Waals surface area contributed by atoms with Gasteiger partial charge in [-0.15, -0.1) is 0 Å². The number of nitrogens with one attached hydrogen (secondary N) is 4. The van der Waals surface area contributed by atoms with Gasteiger partial charge in [-0.05, 0) is 31.9 Å². The van der Waals surface area contributed by atoms with Crippen molar-refractivity contribution >= 4 is 17.6 Å². The number of carbonyl (C=O) groups excluding carboxylic acids is 2. The van der Waals surface area contributed by atoms with E-state index >= 15 is 0 Å². The topological polar surface area (TPSA) is 83.9 Å². The van der Waals surface area contributed by atoms with Gasteiger partial charge in [0.25, 0.3) is 0 Å². The summed E-state index contributed by atoms with van der Waals surface area (Å²) in [6.45, 7) is 12.1. The van der Waals surface area contributed by atoms with E-state index in [4.69, 9.17) is 4.74 Å². The molecule has 1 atom stereocenters. The minimum absolute atomic E-state index is 0.0228. The molecule has 0 unspecified atom stereocenters. The van der Waals surface area contributed by atoms with Crippen molar-refractivity contribution < 1.29 is 19.2 Å².